The Balaban J connectivity index is 1.53. The molecule has 2 amide bonds. The molecule has 0 saturated carbocycles. The lowest BCUT2D eigenvalue weighted by atomic mass is 10.0. The van der Waals surface area contributed by atoms with E-state index in [4.69, 9.17) is 22.1 Å². The quantitative estimate of drug-likeness (QED) is 0.538. The zero-order chi connectivity index (χ0) is 23.5. The van der Waals surface area contributed by atoms with Gasteiger partial charge in [0.2, 0.25) is 11.8 Å². The van der Waals surface area contributed by atoms with Gasteiger partial charge in [-0.05, 0) is 42.8 Å². The van der Waals surface area contributed by atoms with Crippen LogP contribution < -0.4 is 5.73 Å². The second-order valence-electron chi connectivity index (χ2n) is 7.86. The minimum atomic E-state index is -0.700. The number of methoxy groups -OCH3 is 1. The lowest BCUT2D eigenvalue weighted by molar-refractivity contribution is -0.155. The van der Waals surface area contributed by atoms with Gasteiger partial charge in [-0.1, -0.05) is 17.7 Å². The van der Waals surface area contributed by atoms with Gasteiger partial charge in [0.25, 0.3) is 0 Å². The van der Waals surface area contributed by atoms with Crippen molar-refractivity contribution in [3.05, 3.63) is 57.5 Å². The predicted molar refractivity (Wildman–Crippen MR) is 130 cm³/mol. The number of ether oxygens (including phenoxy) is 1. The Morgan fingerprint density at radius 3 is 2.88 bits per heavy atom. The molecule has 1 aliphatic rings. The number of benzene rings is 1. The van der Waals surface area contributed by atoms with E-state index in [-0.39, 0.29) is 24.5 Å². The monoisotopic (exact) mass is 485 g/mol. The molecule has 2 N–H and O–H groups in total. The van der Waals surface area contributed by atoms with E-state index >= 15 is 0 Å². The zero-order valence-corrected chi connectivity index (χ0v) is 19.8. The highest BCUT2D eigenvalue weighted by atomic mass is 35.5. The van der Waals surface area contributed by atoms with Crippen LogP contribution in [0.2, 0.25) is 4.34 Å². The van der Waals surface area contributed by atoms with Crippen molar-refractivity contribution in [2.24, 2.45) is 0 Å². The second kappa shape index (κ2) is 9.86. The molecule has 0 radical (unpaired) electrons. The summed E-state index contributed by atoms with van der Waals surface area (Å²) in [7, 11) is 1.52. The number of nitrogen functional groups attached to an aromatic ring is 1. The van der Waals surface area contributed by atoms with Gasteiger partial charge >= 0.3 is 0 Å². The number of amides is 2. The van der Waals surface area contributed by atoms with Crippen LogP contribution in [0.1, 0.15) is 17.4 Å². The fourth-order valence-electron chi connectivity index (χ4n) is 3.93. The smallest absolute Gasteiger partial charge is 0.248 e. The van der Waals surface area contributed by atoms with Crippen LogP contribution in [0.5, 0.6) is 0 Å². The molecule has 0 spiro atoms. The molecule has 2 unspecified atom stereocenters. The van der Waals surface area contributed by atoms with Gasteiger partial charge in [-0.3, -0.25) is 9.59 Å². The number of fused-ring (bicyclic) bond motifs is 1. The van der Waals surface area contributed by atoms with Crippen molar-refractivity contribution in [2.75, 3.05) is 26.0 Å². The number of halogens is 1. The topological polar surface area (TPSA) is 102 Å². The van der Waals surface area contributed by atoms with Gasteiger partial charge in [0, 0.05) is 42.6 Å². The summed E-state index contributed by atoms with van der Waals surface area (Å²) in [5.74, 6) is 0.0271. The number of thiophene rings is 1. The van der Waals surface area contributed by atoms with E-state index in [1.807, 2.05) is 31.2 Å². The number of hydrogen-bond donors (Lipinski definition) is 1. The molecule has 1 aliphatic heterocycles. The van der Waals surface area contributed by atoms with Crippen molar-refractivity contribution in [2.45, 2.75) is 25.6 Å². The Morgan fingerprint density at radius 1 is 1.33 bits per heavy atom. The van der Waals surface area contributed by atoms with Crippen LogP contribution in [-0.4, -0.2) is 63.9 Å². The molecule has 1 fully saturated rings. The molecule has 2 aromatic heterocycles. The van der Waals surface area contributed by atoms with Gasteiger partial charge in [0.15, 0.2) is 0 Å². The number of anilines is 1. The SMILES string of the molecule is COCC1C(=O)N(Cc2ccc3c(N)ncnc3c2)C(C)CN1C(=O)C=Cc1ccc(Cl)s1. The minimum absolute atomic E-state index is 0.119. The molecule has 4 rings (SSSR count). The fourth-order valence-corrected chi connectivity index (χ4v) is 4.90. The third-order valence-corrected chi connectivity index (χ3v) is 6.81. The van der Waals surface area contributed by atoms with Crippen LogP contribution >= 0.6 is 22.9 Å². The maximum atomic E-state index is 13.4. The maximum Gasteiger partial charge on any atom is 0.248 e. The molecule has 2 atom stereocenters. The van der Waals surface area contributed by atoms with E-state index in [9.17, 15) is 9.59 Å². The van der Waals surface area contributed by atoms with Crippen molar-refractivity contribution in [3.63, 3.8) is 0 Å². The molecule has 0 aliphatic carbocycles. The number of hydrogen-bond acceptors (Lipinski definition) is 7. The van der Waals surface area contributed by atoms with Gasteiger partial charge in [0.05, 0.1) is 16.5 Å². The molecule has 10 heteroatoms. The highest BCUT2D eigenvalue weighted by Crippen LogP contribution is 2.25. The summed E-state index contributed by atoms with van der Waals surface area (Å²) in [6, 6.07) is 8.44. The Kier molecular flexibility index (Phi) is 6.92. The maximum absolute atomic E-state index is 13.4. The molecular formula is C23H24ClN5O3S. The van der Waals surface area contributed by atoms with E-state index in [0.29, 0.717) is 23.2 Å². The number of aromatic nitrogens is 2. The average Bonchev–Trinajstić information content (AvgIpc) is 3.22. The minimum Gasteiger partial charge on any atom is -0.383 e. The van der Waals surface area contributed by atoms with Crippen LogP contribution in [0.4, 0.5) is 5.82 Å². The van der Waals surface area contributed by atoms with E-state index in [0.717, 1.165) is 21.3 Å². The molecule has 3 heterocycles. The van der Waals surface area contributed by atoms with Crippen LogP contribution in [0.3, 0.4) is 0 Å². The number of carbonyl (C=O) groups excluding carboxylic acids is 2. The lowest BCUT2D eigenvalue weighted by Crippen LogP contribution is -2.63. The lowest BCUT2D eigenvalue weighted by Gasteiger charge is -2.44. The Hall–Kier alpha value is -3.01. The summed E-state index contributed by atoms with van der Waals surface area (Å²) in [5.41, 5.74) is 7.56. The summed E-state index contributed by atoms with van der Waals surface area (Å²) in [4.78, 5) is 38.9. The third-order valence-electron chi connectivity index (χ3n) is 5.61. The summed E-state index contributed by atoms with van der Waals surface area (Å²) in [6.07, 6.45) is 4.62. The molecule has 3 aromatic rings. The molecule has 8 nitrogen and oxygen atoms in total. The van der Waals surface area contributed by atoms with Crippen LogP contribution in [-0.2, 0) is 20.9 Å². The summed E-state index contributed by atoms with van der Waals surface area (Å²) < 4.78 is 5.94. The van der Waals surface area contributed by atoms with E-state index in [1.54, 1.807) is 21.9 Å². The standard InChI is InChI=1S/C23H24ClN5O3S/c1-14-10-29(21(30)8-5-16-4-7-20(24)33-16)19(12-32-2)23(31)28(14)11-15-3-6-17-18(9-15)26-13-27-22(17)25/h3-9,13-14,19H,10-12H2,1-2H3,(H2,25,26,27). The molecule has 172 valence electrons. The van der Waals surface area contributed by atoms with E-state index < -0.39 is 6.04 Å². The van der Waals surface area contributed by atoms with Gasteiger partial charge in [-0.2, -0.15) is 0 Å². The first-order chi connectivity index (χ1) is 15.9. The van der Waals surface area contributed by atoms with Gasteiger partial charge in [-0.25, -0.2) is 9.97 Å². The van der Waals surface area contributed by atoms with Crippen molar-refractivity contribution in [1.82, 2.24) is 19.8 Å². The van der Waals surface area contributed by atoms with Gasteiger partial charge in [0.1, 0.15) is 18.2 Å². The van der Waals surface area contributed by atoms with Crippen LogP contribution in [0.25, 0.3) is 17.0 Å². The zero-order valence-electron chi connectivity index (χ0n) is 18.3. The summed E-state index contributed by atoms with van der Waals surface area (Å²) in [6.45, 7) is 2.85. The molecule has 0 bridgehead atoms. The second-order valence-corrected chi connectivity index (χ2v) is 9.61. The number of carbonyl (C=O) groups is 2. The largest absolute Gasteiger partial charge is 0.383 e. The number of rotatable bonds is 6. The van der Waals surface area contributed by atoms with Crippen LogP contribution in [0.15, 0.2) is 42.7 Å². The Bertz CT molecular complexity index is 1210. The summed E-state index contributed by atoms with van der Waals surface area (Å²) in [5, 5.41) is 0.770. The van der Waals surface area contributed by atoms with Gasteiger partial charge in [-0.15, -0.1) is 11.3 Å². The Labute approximate surface area is 200 Å². The van der Waals surface area contributed by atoms with Crippen LogP contribution in [0, 0.1) is 0 Å². The molecule has 1 aromatic carbocycles. The first kappa shape index (κ1) is 23.2. The molecule has 1 saturated heterocycles. The van der Waals surface area contributed by atoms with Crippen molar-refractivity contribution < 1.29 is 14.3 Å². The van der Waals surface area contributed by atoms with Crippen molar-refractivity contribution in [1.29, 1.82) is 0 Å². The van der Waals surface area contributed by atoms with Gasteiger partial charge < -0.3 is 20.3 Å². The van der Waals surface area contributed by atoms with E-state index in [1.165, 1.54) is 30.8 Å². The fraction of sp³-hybridized carbons (Fsp3) is 0.304. The normalized spacial score (nSPS) is 19.1. The Morgan fingerprint density at radius 2 is 2.15 bits per heavy atom. The number of nitrogens with two attached hydrogens (primary N) is 1. The van der Waals surface area contributed by atoms with Crippen molar-refractivity contribution in [3.8, 4) is 0 Å². The first-order valence-electron chi connectivity index (χ1n) is 10.4. The van der Waals surface area contributed by atoms with Crippen molar-refractivity contribution >= 4 is 57.5 Å². The highest BCUT2D eigenvalue weighted by molar-refractivity contribution is 7.17. The third kappa shape index (κ3) is 5.00. The first-order valence-corrected chi connectivity index (χ1v) is 11.6. The highest BCUT2D eigenvalue weighted by Gasteiger charge is 2.40. The predicted octanol–water partition coefficient (Wildman–Crippen LogP) is 3.21. The number of nitrogens with zero attached hydrogens (tertiary/aromatic N) is 4. The molecular weight excluding hydrogens is 462 g/mol. The van der Waals surface area contributed by atoms with E-state index in [2.05, 4.69) is 9.97 Å². The molecule has 33 heavy (non-hydrogen) atoms. The summed E-state index contributed by atoms with van der Waals surface area (Å²) >= 11 is 7.34. The number of piperazine rings is 1. The average molecular weight is 486 g/mol.